The van der Waals surface area contributed by atoms with Crippen LogP contribution in [-0.2, 0) is 4.79 Å². The lowest BCUT2D eigenvalue weighted by Crippen LogP contribution is -2.32. The summed E-state index contributed by atoms with van der Waals surface area (Å²) in [6.45, 7) is 6.41. The second-order valence-electron chi connectivity index (χ2n) is 10.4. The van der Waals surface area contributed by atoms with Crippen molar-refractivity contribution in [2.24, 2.45) is 4.99 Å². The number of nitrogens with zero attached hydrogens (tertiary/aromatic N) is 5. The van der Waals surface area contributed by atoms with Gasteiger partial charge in [0, 0.05) is 12.1 Å². The Bertz CT molecular complexity index is 1670. The van der Waals surface area contributed by atoms with Gasteiger partial charge in [0.2, 0.25) is 5.91 Å². The highest BCUT2D eigenvalue weighted by molar-refractivity contribution is 8.15. The Morgan fingerprint density at radius 1 is 1.05 bits per heavy atom. The van der Waals surface area contributed by atoms with Gasteiger partial charge in [0.05, 0.1) is 17.1 Å². The van der Waals surface area contributed by atoms with E-state index in [0.29, 0.717) is 23.2 Å². The summed E-state index contributed by atoms with van der Waals surface area (Å²) in [6, 6.07) is 20.0. The summed E-state index contributed by atoms with van der Waals surface area (Å²) in [5, 5.41) is 7.62. The van der Waals surface area contributed by atoms with Crippen LogP contribution >= 0.6 is 11.8 Å². The Hall–Kier alpha value is -4.65. The molecule has 0 saturated carbocycles. The van der Waals surface area contributed by atoms with Crippen molar-refractivity contribution in [1.29, 1.82) is 0 Å². The molecule has 0 radical (unpaired) electrons. The summed E-state index contributed by atoms with van der Waals surface area (Å²) >= 11 is 1.24. The van der Waals surface area contributed by atoms with E-state index < -0.39 is 12.4 Å². The van der Waals surface area contributed by atoms with Gasteiger partial charge in [-0.3, -0.25) is 9.69 Å². The van der Waals surface area contributed by atoms with Gasteiger partial charge in [0.15, 0.2) is 11.0 Å². The van der Waals surface area contributed by atoms with E-state index in [9.17, 15) is 22.8 Å². The highest BCUT2D eigenvalue weighted by atomic mass is 32.2. The number of amidine groups is 1. The largest absolute Gasteiger partial charge is 0.573 e. The van der Waals surface area contributed by atoms with Gasteiger partial charge < -0.3 is 10.1 Å². The van der Waals surface area contributed by atoms with Crippen LogP contribution in [0.4, 0.5) is 23.7 Å². The number of amides is 3. The molecule has 1 fully saturated rings. The lowest BCUT2D eigenvalue weighted by molar-refractivity contribution is -0.274. The number of nitrogens with one attached hydrogen (secondary N) is 1. The maximum absolute atomic E-state index is 12.7. The van der Waals surface area contributed by atoms with Crippen molar-refractivity contribution in [3.63, 3.8) is 0 Å². The molecule has 1 aromatic heterocycles. The molecule has 5 rings (SSSR count). The lowest BCUT2D eigenvalue weighted by atomic mass is 10.00. The number of thioether (sulfide) groups is 1. The zero-order valence-corrected chi connectivity index (χ0v) is 24.9. The molecule has 0 spiro atoms. The van der Waals surface area contributed by atoms with Crippen molar-refractivity contribution in [2.45, 2.75) is 39.0 Å². The molecular weight excluding hydrogens is 593 g/mol. The Balaban J connectivity index is 1.20. The highest BCUT2D eigenvalue weighted by Crippen LogP contribution is 2.33. The number of rotatable bonds is 8. The fraction of sp³-hybridized carbons (Fsp3) is 0.258. The van der Waals surface area contributed by atoms with Crippen LogP contribution in [0.5, 0.6) is 5.75 Å². The van der Waals surface area contributed by atoms with E-state index in [1.54, 1.807) is 0 Å². The van der Waals surface area contributed by atoms with Gasteiger partial charge in [-0.05, 0) is 53.3 Å². The van der Waals surface area contributed by atoms with E-state index >= 15 is 0 Å². The molecular formula is C31H29F3N6O3S. The van der Waals surface area contributed by atoms with Crippen molar-refractivity contribution >= 4 is 34.6 Å². The Morgan fingerprint density at radius 2 is 1.75 bits per heavy atom. The number of ether oxygens (including phenoxy) is 1. The predicted octanol–water partition coefficient (Wildman–Crippen LogP) is 6.91. The van der Waals surface area contributed by atoms with Crippen LogP contribution in [0.3, 0.4) is 0 Å². The molecule has 3 aromatic carbocycles. The number of aromatic nitrogens is 3. The molecule has 1 aliphatic heterocycles. The van der Waals surface area contributed by atoms with Crippen LogP contribution in [0.1, 0.15) is 43.7 Å². The number of para-hydroxylation sites is 1. The molecule has 0 aliphatic carbocycles. The zero-order chi connectivity index (χ0) is 31.4. The van der Waals surface area contributed by atoms with Crippen LogP contribution in [-0.4, -0.2) is 50.5 Å². The van der Waals surface area contributed by atoms with Gasteiger partial charge in [0.25, 0.3) is 0 Å². The smallest absolute Gasteiger partial charge is 0.406 e. The fourth-order valence-corrected chi connectivity index (χ4v) is 5.49. The fourth-order valence-electron chi connectivity index (χ4n) is 4.63. The zero-order valence-electron chi connectivity index (χ0n) is 24.1. The van der Waals surface area contributed by atoms with E-state index in [2.05, 4.69) is 39.0 Å². The van der Waals surface area contributed by atoms with Crippen LogP contribution in [0, 0.1) is 0 Å². The molecule has 1 atom stereocenters. The molecule has 1 saturated heterocycles. The van der Waals surface area contributed by atoms with E-state index in [4.69, 9.17) is 0 Å². The van der Waals surface area contributed by atoms with E-state index in [1.807, 2.05) is 55.5 Å². The van der Waals surface area contributed by atoms with Gasteiger partial charge in [-0.25, -0.2) is 14.5 Å². The molecule has 3 amide bonds. The Kier molecular flexibility index (Phi) is 9.04. The molecule has 13 heteroatoms. The number of alkyl halides is 3. The van der Waals surface area contributed by atoms with Crippen molar-refractivity contribution in [1.82, 2.24) is 20.1 Å². The molecule has 228 valence electrons. The van der Waals surface area contributed by atoms with Crippen LogP contribution in [0.2, 0.25) is 0 Å². The second kappa shape index (κ2) is 12.9. The minimum atomic E-state index is -4.76. The van der Waals surface area contributed by atoms with E-state index in [0.717, 1.165) is 22.4 Å². The maximum Gasteiger partial charge on any atom is 0.573 e. The summed E-state index contributed by atoms with van der Waals surface area (Å²) in [5.41, 5.74) is 3.99. The summed E-state index contributed by atoms with van der Waals surface area (Å²) in [5.74, 6) is 0.383. The first kappa shape index (κ1) is 30.8. The molecule has 9 nitrogen and oxygen atoms in total. The molecule has 1 N–H and O–H groups in total. The van der Waals surface area contributed by atoms with Crippen LogP contribution in [0.25, 0.3) is 17.1 Å². The Labute approximate surface area is 256 Å². The van der Waals surface area contributed by atoms with Crippen molar-refractivity contribution in [3.05, 3.63) is 90.3 Å². The number of halogens is 3. The predicted molar refractivity (Wildman–Crippen MR) is 163 cm³/mol. The summed E-state index contributed by atoms with van der Waals surface area (Å²) in [7, 11) is 0. The number of hydrogen-bond acceptors (Lipinski definition) is 6. The number of anilines is 1. The number of hydrogen-bond donors (Lipinski definition) is 1. The molecule has 1 aliphatic rings. The van der Waals surface area contributed by atoms with Crippen molar-refractivity contribution < 1.29 is 27.5 Å². The third kappa shape index (κ3) is 7.28. The number of carbonyl (C=O) groups excluding carboxylic acids is 2. The lowest BCUT2D eigenvalue weighted by Gasteiger charge is -2.21. The van der Waals surface area contributed by atoms with Crippen LogP contribution < -0.4 is 15.0 Å². The molecule has 4 aromatic rings. The molecule has 44 heavy (non-hydrogen) atoms. The topological polar surface area (TPSA) is 102 Å². The average molecular weight is 623 g/mol. The van der Waals surface area contributed by atoms with E-state index in [-0.39, 0.29) is 29.2 Å². The van der Waals surface area contributed by atoms with Gasteiger partial charge in [-0.15, -0.1) is 18.3 Å². The monoisotopic (exact) mass is 622 g/mol. The molecule has 2 heterocycles. The molecule has 0 bridgehead atoms. The first-order valence-corrected chi connectivity index (χ1v) is 14.8. The summed E-state index contributed by atoms with van der Waals surface area (Å²) in [4.78, 5) is 35.5. The highest BCUT2D eigenvalue weighted by Gasteiger charge is 2.32. The Morgan fingerprint density at radius 3 is 2.43 bits per heavy atom. The van der Waals surface area contributed by atoms with Gasteiger partial charge in [-0.1, -0.05) is 75.0 Å². The average Bonchev–Trinajstić information content (AvgIpc) is 3.62. The summed E-state index contributed by atoms with van der Waals surface area (Å²) < 4.78 is 42.6. The molecule has 1 unspecified atom stereocenters. The standard InChI is InChI=1S/C31H29F3N6O3S/c1-19(2)25-6-4-5-7-26(25)40-27(41)17-44-30(40)37-29(42)35-16-20(3)21-8-10-22(11-9-21)28-36-18-39(38-28)23-12-14-24(15-13-23)43-31(32,33)34/h4-15,18-20H,16-17H2,1-3H3,(H,35,42). The second-order valence-corrected chi connectivity index (χ2v) is 11.3. The van der Waals surface area contributed by atoms with Gasteiger partial charge >= 0.3 is 12.4 Å². The van der Waals surface area contributed by atoms with Gasteiger partial charge in [-0.2, -0.15) is 4.99 Å². The minimum Gasteiger partial charge on any atom is -0.406 e. The third-order valence-corrected chi connectivity index (χ3v) is 7.81. The third-order valence-electron chi connectivity index (χ3n) is 6.89. The van der Waals surface area contributed by atoms with Crippen molar-refractivity contribution in [2.75, 3.05) is 17.2 Å². The number of urea groups is 1. The SMILES string of the molecule is CC(C)c1ccccc1N1C(=O)CSC1=NC(=O)NCC(C)c1ccc(-c2ncn(-c3ccc(OC(F)(F)F)cc3)n2)cc1. The van der Waals surface area contributed by atoms with E-state index in [1.165, 1.54) is 51.9 Å². The van der Waals surface area contributed by atoms with Crippen LogP contribution in [0.15, 0.2) is 84.1 Å². The minimum absolute atomic E-state index is 0.0354. The quantitative estimate of drug-likeness (QED) is 0.229. The summed E-state index contributed by atoms with van der Waals surface area (Å²) in [6.07, 6.45) is -3.29. The first-order valence-electron chi connectivity index (χ1n) is 13.8. The maximum atomic E-state index is 12.7. The first-order chi connectivity index (χ1) is 21.0. The number of aliphatic imine (C=N–C) groups is 1. The van der Waals surface area contributed by atoms with Crippen molar-refractivity contribution in [3.8, 4) is 22.8 Å². The number of benzene rings is 3. The normalized spacial score (nSPS) is 15.2. The number of carbonyl (C=O) groups is 2. The van der Waals surface area contributed by atoms with Gasteiger partial charge in [0.1, 0.15) is 12.1 Å².